The average Bonchev–Trinajstić information content (AvgIpc) is 3.79. The molecule has 2 fully saturated rings. The predicted octanol–water partition coefficient (Wildman–Crippen LogP) is 7.66. The normalized spacial score (nSPS) is 20.7. The third kappa shape index (κ3) is 7.48. The second kappa shape index (κ2) is 12.2. The molecule has 41 heavy (non-hydrogen) atoms. The second-order valence-electron chi connectivity index (χ2n) is 12.6. The van der Waals surface area contributed by atoms with Gasteiger partial charge in [0.15, 0.2) is 0 Å². The van der Waals surface area contributed by atoms with E-state index in [4.69, 9.17) is 16.3 Å². The van der Waals surface area contributed by atoms with Crippen molar-refractivity contribution in [2.75, 3.05) is 13.1 Å². The maximum absolute atomic E-state index is 14.0. The molecule has 2 aliphatic rings. The molecule has 0 aliphatic heterocycles. The molecule has 5 rings (SSSR count). The third-order valence-electron chi connectivity index (χ3n) is 8.26. The molecule has 2 amide bonds. The third-order valence-corrected chi connectivity index (χ3v) is 8.50. The van der Waals surface area contributed by atoms with Crippen molar-refractivity contribution < 1.29 is 14.3 Å². The molecule has 216 valence electrons. The summed E-state index contributed by atoms with van der Waals surface area (Å²) < 4.78 is 5.53. The highest BCUT2D eigenvalue weighted by Gasteiger charge is 2.41. The molecule has 1 aromatic heterocycles. The number of nitrogens with one attached hydrogen (secondary N) is 1. The number of hydrogen-bond donors (Lipinski definition) is 1. The second-order valence-corrected chi connectivity index (χ2v) is 13.0. The number of hydrogen-bond acceptors (Lipinski definition) is 4. The van der Waals surface area contributed by atoms with Crippen LogP contribution in [-0.2, 0) is 10.2 Å². The zero-order valence-electron chi connectivity index (χ0n) is 24.2. The minimum Gasteiger partial charge on any atom is -0.444 e. The molecule has 0 atom stereocenters. The van der Waals surface area contributed by atoms with E-state index in [1.807, 2.05) is 81.6 Å². The van der Waals surface area contributed by atoms with Crippen molar-refractivity contribution in [2.45, 2.75) is 76.4 Å². The molecule has 1 N–H and O–H groups in total. The molecular formula is C34H40ClN3O3. The van der Waals surface area contributed by atoms with Crippen molar-refractivity contribution in [2.24, 2.45) is 5.92 Å². The number of alkyl carbamates (subject to hydrolysis) is 1. The fraction of sp³-hybridized carbons (Fsp3) is 0.441. The number of ether oxygens (including phenoxy) is 1. The SMILES string of the molecule is CC(C)(C)OC(=O)NC[C@]1(c2cccc(Cl)c2)CC[C@@H](N(CC2CC2)C(=O)c2cncc(-c3ccccc3)c2)CC1. The van der Waals surface area contributed by atoms with Crippen LogP contribution in [-0.4, -0.2) is 46.6 Å². The zero-order chi connectivity index (χ0) is 29.0. The molecule has 3 aromatic rings. The molecule has 0 radical (unpaired) electrons. The van der Waals surface area contributed by atoms with Crippen LogP contribution < -0.4 is 5.32 Å². The number of halogens is 1. The van der Waals surface area contributed by atoms with Crippen molar-refractivity contribution in [3.8, 4) is 11.1 Å². The molecule has 2 aliphatic carbocycles. The van der Waals surface area contributed by atoms with Gasteiger partial charge in [0.1, 0.15) is 5.60 Å². The summed E-state index contributed by atoms with van der Waals surface area (Å²) in [5.74, 6) is 0.618. The Balaban J connectivity index is 1.35. The van der Waals surface area contributed by atoms with Gasteiger partial charge in [-0.1, -0.05) is 54.1 Å². The minimum atomic E-state index is -0.568. The highest BCUT2D eigenvalue weighted by atomic mass is 35.5. The Labute approximate surface area is 248 Å². The summed E-state index contributed by atoms with van der Waals surface area (Å²) in [6.07, 6.45) is 8.76. The van der Waals surface area contributed by atoms with Gasteiger partial charge in [-0.2, -0.15) is 0 Å². The Morgan fingerprint density at radius 2 is 1.71 bits per heavy atom. The van der Waals surface area contributed by atoms with Gasteiger partial charge in [0, 0.05) is 47.5 Å². The lowest BCUT2D eigenvalue weighted by Crippen LogP contribution is -2.50. The smallest absolute Gasteiger partial charge is 0.407 e. The predicted molar refractivity (Wildman–Crippen MR) is 163 cm³/mol. The van der Waals surface area contributed by atoms with Gasteiger partial charge in [-0.3, -0.25) is 9.78 Å². The van der Waals surface area contributed by atoms with E-state index in [0.29, 0.717) is 23.0 Å². The van der Waals surface area contributed by atoms with Crippen molar-refractivity contribution in [3.05, 3.63) is 89.2 Å². The summed E-state index contributed by atoms with van der Waals surface area (Å²) in [5, 5.41) is 3.71. The van der Waals surface area contributed by atoms with E-state index in [-0.39, 0.29) is 17.4 Å². The maximum atomic E-state index is 14.0. The number of nitrogens with zero attached hydrogens (tertiary/aromatic N) is 2. The summed E-state index contributed by atoms with van der Waals surface area (Å²) in [7, 11) is 0. The van der Waals surface area contributed by atoms with Crippen LogP contribution in [0.1, 0.15) is 75.2 Å². The van der Waals surface area contributed by atoms with Crippen molar-refractivity contribution in [1.29, 1.82) is 0 Å². The largest absolute Gasteiger partial charge is 0.444 e. The first-order valence-corrected chi connectivity index (χ1v) is 15.0. The fourth-order valence-corrected chi connectivity index (χ4v) is 6.09. The standard InChI is InChI=1S/C34H40ClN3O3/c1-33(2,3)41-32(40)37-23-34(28-10-7-11-29(35)19-28)16-14-30(15-17-34)38(22-24-12-13-24)31(39)27-18-26(20-36-21-27)25-8-5-4-6-9-25/h4-11,18-21,24,30H,12-17,22-23H2,1-3H3,(H,37,40)/t30-,34+. The van der Waals surface area contributed by atoms with Gasteiger partial charge < -0.3 is 15.0 Å². The molecule has 0 spiro atoms. The van der Waals surface area contributed by atoms with Crippen LogP contribution in [0.2, 0.25) is 5.02 Å². The van der Waals surface area contributed by atoms with Crippen LogP contribution in [0, 0.1) is 5.92 Å². The number of carbonyl (C=O) groups excluding carboxylic acids is 2. The van der Waals surface area contributed by atoms with Crippen LogP contribution in [0.15, 0.2) is 73.1 Å². The summed E-state index contributed by atoms with van der Waals surface area (Å²) >= 11 is 6.41. The number of pyridine rings is 1. The Morgan fingerprint density at radius 1 is 0.976 bits per heavy atom. The monoisotopic (exact) mass is 573 g/mol. The first-order chi connectivity index (χ1) is 19.6. The van der Waals surface area contributed by atoms with Crippen molar-refractivity contribution in [1.82, 2.24) is 15.2 Å². The van der Waals surface area contributed by atoms with E-state index in [1.165, 1.54) is 12.8 Å². The van der Waals surface area contributed by atoms with Crippen molar-refractivity contribution in [3.63, 3.8) is 0 Å². The number of amides is 2. The van der Waals surface area contributed by atoms with Gasteiger partial charge in [-0.05, 0) is 94.5 Å². The van der Waals surface area contributed by atoms with Crippen LogP contribution >= 0.6 is 11.6 Å². The molecule has 0 bridgehead atoms. The summed E-state index contributed by atoms with van der Waals surface area (Å²) in [4.78, 5) is 33.1. The highest BCUT2D eigenvalue weighted by Crippen LogP contribution is 2.42. The Bertz CT molecular complexity index is 1360. The number of rotatable bonds is 8. The Kier molecular flexibility index (Phi) is 8.69. The molecular weight excluding hydrogens is 534 g/mol. The number of aromatic nitrogens is 1. The lowest BCUT2D eigenvalue weighted by Gasteiger charge is -2.44. The first-order valence-electron chi connectivity index (χ1n) is 14.7. The number of carbonyl (C=O) groups is 2. The summed E-state index contributed by atoms with van der Waals surface area (Å²) in [6, 6.07) is 20.1. The highest BCUT2D eigenvalue weighted by molar-refractivity contribution is 6.30. The van der Waals surface area contributed by atoms with Gasteiger partial charge in [0.05, 0.1) is 5.56 Å². The minimum absolute atomic E-state index is 0.0503. The quantitative estimate of drug-likeness (QED) is 0.300. The van der Waals surface area contributed by atoms with E-state index in [0.717, 1.165) is 48.9 Å². The zero-order valence-corrected chi connectivity index (χ0v) is 25.0. The first kappa shape index (κ1) is 29.1. The maximum Gasteiger partial charge on any atom is 0.407 e. The van der Waals surface area contributed by atoms with E-state index in [2.05, 4.69) is 21.3 Å². The summed E-state index contributed by atoms with van der Waals surface area (Å²) in [6.45, 7) is 6.82. The lowest BCUT2D eigenvalue weighted by molar-refractivity contribution is 0.0486. The topological polar surface area (TPSA) is 71.5 Å². The Morgan fingerprint density at radius 3 is 2.37 bits per heavy atom. The molecule has 0 saturated heterocycles. The van der Waals surface area contributed by atoms with E-state index in [1.54, 1.807) is 6.20 Å². The van der Waals surface area contributed by atoms with Crippen LogP contribution in [0.4, 0.5) is 4.79 Å². The van der Waals surface area contributed by atoms with E-state index >= 15 is 0 Å². The molecule has 0 unspecified atom stereocenters. The van der Waals surface area contributed by atoms with Gasteiger partial charge in [-0.15, -0.1) is 0 Å². The molecule has 7 heteroatoms. The molecule has 1 heterocycles. The Hall–Kier alpha value is -3.38. The van der Waals surface area contributed by atoms with Crippen LogP contribution in [0.3, 0.4) is 0 Å². The van der Waals surface area contributed by atoms with Gasteiger partial charge in [-0.25, -0.2) is 4.79 Å². The van der Waals surface area contributed by atoms with E-state index in [9.17, 15) is 9.59 Å². The van der Waals surface area contributed by atoms with Crippen LogP contribution in [0.5, 0.6) is 0 Å². The number of benzene rings is 2. The summed E-state index contributed by atoms with van der Waals surface area (Å²) in [5.41, 5.74) is 2.87. The van der Waals surface area contributed by atoms with Crippen LogP contribution in [0.25, 0.3) is 11.1 Å². The van der Waals surface area contributed by atoms with E-state index < -0.39 is 11.7 Å². The molecule has 6 nitrogen and oxygen atoms in total. The molecule has 2 saturated carbocycles. The average molecular weight is 574 g/mol. The fourth-order valence-electron chi connectivity index (χ4n) is 5.90. The van der Waals surface area contributed by atoms with Gasteiger partial charge in [0.25, 0.3) is 5.91 Å². The molecule has 2 aromatic carbocycles. The van der Waals surface area contributed by atoms with Gasteiger partial charge >= 0.3 is 6.09 Å². The lowest BCUT2D eigenvalue weighted by atomic mass is 9.67. The van der Waals surface area contributed by atoms with Gasteiger partial charge in [0.2, 0.25) is 0 Å². The van der Waals surface area contributed by atoms with Crippen molar-refractivity contribution >= 4 is 23.6 Å².